The summed E-state index contributed by atoms with van der Waals surface area (Å²) in [4.78, 5) is 31.8. The Hall–Kier alpha value is -1.98. The fourth-order valence-electron chi connectivity index (χ4n) is 1.69. The van der Waals surface area contributed by atoms with E-state index in [2.05, 4.69) is 9.97 Å². The molecule has 84 valence electrons. The molecule has 0 aliphatic carbocycles. The molecule has 1 aliphatic rings. The van der Waals surface area contributed by atoms with Gasteiger partial charge in [0.05, 0.1) is 12.2 Å². The highest BCUT2D eigenvalue weighted by Crippen LogP contribution is 2.16. The number of rotatable bonds is 1. The van der Waals surface area contributed by atoms with Gasteiger partial charge in [-0.2, -0.15) is 0 Å². The van der Waals surface area contributed by atoms with E-state index in [4.69, 9.17) is 5.73 Å². The Morgan fingerprint density at radius 2 is 2.25 bits per heavy atom. The molecule has 0 aromatic carbocycles. The Bertz CT molecular complexity index is 458. The summed E-state index contributed by atoms with van der Waals surface area (Å²) in [5, 5.41) is 0. The molecule has 2 rings (SSSR count). The lowest BCUT2D eigenvalue weighted by atomic mass is 10.1. The maximum Gasteiger partial charge on any atom is 0.286 e. The van der Waals surface area contributed by atoms with Crippen LogP contribution in [0.2, 0.25) is 0 Å². The van der Waals surface area contributed by atoms with E-state index in [1.807, 2.05) is 0 Å². The summed E-state index contributed by atoms with van der Waals surface area (Å²) in [6.45, 7) is 2.61. The Kier molecular flexibility index (Phi) is 2.55. The molecule has 0 saturated heterocycles. The molecule has 2 N–H and O–H groups in total. The summed E-state index contributed by atoms with van der Waals surface area (Å²) < 4.78 is 0. The Morgan fingerprint density at radius 1 is 1.50 bits per heavy atom. The number of amides is 2. The molecular formula is C10H12N4O2. The Balaban J connectivity index is 2.32. The number of nitrogens with two attached hydrogens (primary N) is 1. The van der Waals surface area contributed by atoms with E-state index in [0.29, 0.717) is 25.2 Å². The van der Waals surface area contributed by atoms with Crippen LogP contribution in [0.3, 0.4) is 0 Å². The largest absolute Gasteiger partial charge is 0.363 e. The average Bonchev–Trinajstić information content (AvgIpc) is 2.27. The van der Waals surface area contributed by atoms with Crippen molar-refractivity contribution in [2.24, 2.45) is 5.73 Å². The minimum Gasteiger partial charge on any atom is -0.363 e. The monoisotopic (exact) mass is 220 g/mol. The van der Waals surface area contributed by atoms with Crippen LogP contribution in [0.4, 0.5) is 0 Å². The van der Waals surface area contributed by atoms with Crippen LogP contribution in [-0.2, 0) is 17.8 Å². The second-order valence-corrected chi connectivity index (χ2v) is 3.72. The van der Waals surface area contributed by atoms with Gasteiger partial charge < -0.3 is 10.6 Å². The van der Waals surface area contributed by atoms with Gasteiger partial charge in [0.2, 0.25) is 11.7 Å². The number of aromatic nitrogens is 2. The molecule has 0 bridgehead atoms. The van der Waals surface area contributed by atoms with Gasteiger partial charge in [-0.15, -0.1) is 0 Å². The topological polar surface area (TPSA) is 89.2 Å². The van der Waals surface area contributed by atoms with Crippen molar-refractivity contribution >= 4 is 11.8 Å². The van der Waals surface area contributed by atoms with Crippen molar-refractivity contribution in [3.8, 4) is 0 Å². The second-order valence-electron chi connectivity index (χ2n) is 3.72. The van der Waals surface area contributed by atoms with E-state index >= 15 is 0 Å². The molecule has 0 saturated carbocycles. The van der Waals surface area contributed by atoms with Gasteiger partial charge in [0.15, 0.2) is 0 Å². The smallest absolute Gasteiger partial charge is 0.286 e. The lowest BCUT2D eigenvalue weighted by Crippen LogP contribution is -2.35. The van der Waals surface area contributed by atoms with Gasteiger partial charge in [0.1, 0.15) is 0 Å². The first-order chi connectivity index (χ1) is 7.58. The molecule has 0 radical (unpaired) electrons. The number of carbonyl (C=O) groups is 2. The summed E-state index contributed by atoms with van der Waals surface area (Å²) >= 11 is 0. The van der Waals surface area contributed by atoms with E-state index in [1.165, 1.54) is 6.92 Å². The van der Waals surface area contributed by atoms with E-state index in [9.17, 15) is 9.59 Å². The fourth-order valence-corrected chi connectivity index (χ4v) is 1.69. The van der Waals surface area contributed by atoms with Crippen molar-refractivity contribution in [3.63, 3.8) is 0 Å². The molecular weight excluding hydrogens is 208 g/mol. The third kappa shape index (κ3) is 1.86. The van der Waals surface area contributed by atoms with Gasteiger partial charge in [0, 0.05) is 19.7 Å². The molecule has 1 aromatic heterocycles. The highest BCUT2D eigenvalue weighted by atomic mass is 16.2. The third-order valence-corrected chi connectivity index (χ3v) is 2.61. The van der Waals surface area contributed by atoms with Gasteiger partial charge in [-0.3, -0.25) is 9.59 Å². The minimum absolute atomic E-state index is 0.00384. The molecule has 6 nitrogen and oxygen atoms in total. The molecule has 1 aliphatic heterocycles. The number of primary amides is 1. The third-order valence-electron chi connectivity index (χ3n) is 2.61. The van der Waals surface area contributed by atoms with Crippen LogP contribution in [0.15, 0.2) is 6.20 Å². The first kappa shape index (κ1) is 10.5. The van der Waals surface area contributed by atoms with Crippen molar-refractivity contribution in [1.29, 1.82) is 0 Å². The second kappa shape index (κ2) is 3.88. The summed E-state index contributed by atoms with van der Waals surface area (Å²) in [7, 11) is 0. The lowest BCUT2D eigenvalue weighted by molar-refractivity contribution is -0.129. The summed E-state index contributed by atoms with van der Waals surface area (Å²) in [5.74, 6) is -0.642. The SMILES string of the molecule is CC(=O)N1CCc2cnc(C(N)=O)nc2C1. The lowest BCUT2D eigenvalue weighted by Gasteiger charge is -2.26. The molecule has 16 heavy (non-hydrogen) atoms. The summed E-state index contributed by atoms with van der Waals surface area (Å²) in [6, 6.07) is 0. The Morgan fingerprint density at radius 3 is 2.88 bits per heavy atom. The van der Waals surface area contributed by atoms with Crippen LogP contribution in [0.5, 0.6) is 0 Å². The van der Waals surface area contributed by atoms with E-state index in [1.54, 1.807) is 11.1 Å². The van der Waals surface area contributed by atoms with Crippen LogP contribution >= 0.6 is 0 Å². The number of fused-ring (bicyclic) bond motifs is 1. The van der Waals surface area contributed by atoms with E-state index < -0.39 is 5.91 Å². The van der Waals surface area contributed by atoms with Gasteiger partial charge in [0.25, 0.3) is 5.91 Å². The molecule has 2 heterocycles. The number of carbonyl (C=O) groups excluding carboxylic acids is 2. The van der Waals surface area contributed by atoms with Crippen molar-refractivity contribution in [3.05, 3.63) is 23.3 Å². The highest BCUT2D eigenvalue weighted by molar-refractivity contribution is 5.88. The van der Waals surface area contributed by atoms with Crippen molar-refractivity contribution in [1.82, 2.24) is 14.9 Å². The summed E-state index contributed by atoms with van der Waals surface area (Å²) in [5.41, 5.74) is 6.78. The van der Waals surface area contributed by atoms with Gasteiger partial charge in [-0.25, -0.2) is 9.97 Å². The molecule has 0 spiro atoms. The maximum absolute atomic E-state index is 11.2. The minimum atomic E-state index is -0.650. The van der Waals surface area contributed by atoms with Crippen LogP contribution in [0.25, 0.3) is 0 Å². The molecule has 0 unspecified atom stereocenters. The number of hydrogen-bond acceptors (Lipinski definition) is 4. The van der Waals surface area contributed by atoms with Crippen molar-refractivity contribution in [2.45, 2.75) is 19.9 Å². The standard InChI is InChI=1S/C10H12N4O2/c1-6(15)14-3-2-7-4-12-10(9(11)16)13-8(7)5-14/h4H,2-3,5H2,1H3,(H2,11,16). The average molecular weight is 220 g/mol. The van der Waals surface area contributed by atoms with Gasteiger partial charge in [-0.1, -0.05) is 0 Å². The van der Waals surface area contributed by atoms with E-state index in [0.717, 1.165) is 5.56 Å². The Labute approximate surface area is 92.5 Å². The van der Waals surface area contributed by atoms with Crippen LogP contribution in [-0.4, -0.2) is 33.2 Å². The van der Waals surface area contributed by atoms with Crippen LogP contribution in [0.1, 0.15) is 28.8 Å². The number of hydrogen-bond donors (Lipinski definition) is 1. The molecule has 6 heteroatoms. The van der Waals surface area contributed by atoms with Crippen LogP contribution in [0, 0.1) is 0 Å². The maximum atomic E-state index is 11.2. The van der Waals surface area contributed by atoms with Gasteiger partial charge >= 0.3 is 0 Å². The zero-order valence-corrected chi connectivity index (χ0v) is 8.93. The first-order valence-corrected chi connectivity index (χ1v) is 4.98. The van der Waals surface area contributed by atoms with Gasteiger partial charge in [-0.05, 0) is 12.0 Å². The highest BCUT2D eigenvalue weighted by Gasteiger charge is 2.20. The molecule has 0 atom stereocenters. The van der Waals surface area contributed by atoms with E-state index in [-0.39, 0.29) is 11.7 Å². The fraction of sp³-hybridized carbons (Fsp3) is 0.400. The predicted octanol–water partition coefficient (Wildman–Crippen LogP) is -0.520. The van der Waals surface area contributed by atoms with Crippen molar-refractivity contribution in [2.75, 3.05) is 6.54 Å². The molecule has 1 aromatic rings. The first-order valence-electron chi connectivity index (χ1n) is 4.98. The quantitative estimate of drug-likeness (QED) is 0.689. The zero-order chi connectivity index (χ0) is 11.7. The number of nitrogens with zero attached hydrogens (tertiary/aromatic N) is 3. The zero-order valence-electron chi connectivity index (χ0n) is 8.93. The predicted molar refractivity (Wildman–Crippen MR) is 55.3 cm³/mol. The van der Waals surface area contributed by atoms with Crippen LogP contribution < -0.4 is 5.73 Å². The normalized spacial score (nSPS) is 14.4. The molecule has 0 fully saturated rings. The summed E-state index contributed by atoms with van der Waals surface area (Å²) in [6.07, 6.45) is 2.33. The molecule has 2 amide bonds. The van der Waals surface area contributed by atoms with Crippen molar-refractivity contribution < 1.29 is 9.59 Å².